The number of benzene rings is 1. The first-order valence-electron chi connectivity index (χ1n) is 8.97. The van der Waals surface area contributed by atoms with E-state index in [1.165, 1.54) is 10.5 Å². The van der Waals surface area contributed by atoms with Gasteiger partial charge in [0.1, 0.15) is 5.65 Å². The molecule has 0 unspecified atom stereocenters. The van der Waals surface area contributed by atoms with E-state index in [1.807, 2.05) is 12.3 Å². The minimum absolute atomic E-state index is 0.414. The van der Waals surface area contributed by atoms with Crippen molar-refractivity contribution in [3.63, 3.8) is 0 Å². The molecule has 4 heterocycles. The quantitative estimate of drug-likeness (QED) is 0.540. The second-order valence-electron chi connectivity index (χ2n) is 7.13. The minimum Gasteiger partial charge on any atom is -0.423 e. The summed E-state index contributed by atoms with van der Waals surface area (Å²) in [5, 5.41) is 11.5. The van der Waals surface area contributed by atoms with E-state index < -0.39 is 12.7 Å². The van der Waals surface area contributed by atoms with E-state index >= 15 is 0 Å². The average molecular weight is 365 g/mol. The number of hydrogen-bond donors (Lipinski definition) is 2. The Morgan fingerprint density at radius 3 is 2.77 bits per heavy atom. The number of pyridine rings is 1. The fraction of sp³-hybridized carbons (Fsp3) is 0.316. The molecule has 26 heavy (non-hydrogen) atoms. The van der Waals surface area contributed by atoms with Gasteiger partial charge < -0.3 is 14.7 Å². The molecule has 0 aliphatic carbocycles. The third kappa shape index (κ3) is 2.58. The van der Waals surface area contributed by atoms with Crippen molar-refractivity contribution in [2.75, 3.05) is 13.1 Å². The van der Waals surface area contributed by atoms with Crippen LogP contribution in [-0.4, -0.2) is 39.5 Å². The molecule has 3 aromatic rings. The van der Waals surface area contributed by atoms with Gasteiger partial charge in [-0.15, -0.1) is 0 Å². The van der Waals surface area contributed by atoms with Gasteiger partial charge in [-0.3, -0.25) is 0 Å². The number of H-pyrrole nitrogens is 1. The molecular formula is C19H20BN3O2S. The summed E-state index contributed by atoms with van der Waals surface area (Å²) in [7, 11) is -0.881. The number of hydrogen-bond acceptors (Lipinski definition) is 5. The van der Waals surface area contributed by atoms with E-state index in [2.05, 4.69) is 45.5 Å². The molecule has 0 bridgehead atoms. The molecule has 5 nitrogen and oxygen atoms in total. The lowest BCUT2D eigenvalue weighted by Gasteiger charge is -2.39. The van der Waals surface area contributed by atoms with Gasteiger partial charge in [0, 0.05) is 41.2 Å². The van der Waals surface area contributed by atoms with Crippen LogP contribution in [0.25, 0.3) is 11.0 Å². The molecule has 1 saturated heterocycles. The number of aromatic amines is 1. The van der Waals surface area contributed by atoms with Crippen LogP contribution in [0.4, 0.5) is 0 Å². The van der Waals surface area contributed by atoms with E-state index in [-0.39, 0.29) is 0 Å². The highest BCUT2D eigenvalue weighted by Gasteiger charge is 2.49. The molecule has 0 saturated carbocycles. The summed E-state index contributed by atoms with van der Waals surface area (Å²) < 4.78 is 8.51. The van der Waals surface area contributed by atoms with Gasteiger partial charge >= 0.3 is 7.12 Å². The number of aryl methyl sites for hydroxylation is 1. The van der Waals surface area contributed by atoms with Crippen molar-refractivity contribution in [3.05, 3.63) is 53.9 Å². The summed E-state index contributed by atoms with van der Waals surface area (Å²) >= 11 is 1.80. The Balaban J connectivity index is 1.40. The Labute approximate surface area is 157 Å². The van der Waals surface area contributed by atoms with Crippen LogP contribution in [0.15, 0.2) is 47.6 Å². The monoisotopic (exact) mass is 365 g/mol. The molecule has 2 aliphatic heterocycles. The Bertz CT molecular complexity index is 951. The highest BCUT2D eigenvalue weighted by atomic mass is 32.2. The highest BCUT2D eigenvalue weighted by Crippen LogP contribution is 2.44. The zero-order chi connectivity index (χ0) is 17.7. The van der Waals surface area contributed by atoms with Crippen LogP contribution < -0.4 is 5.46 Å². The Morgan fingerprint density at radius 1 is 1.23 bits per heavy atom. The largest absolute Gasteiger partial charge is 0.493 e. The zero-order valence-electron chi connectivity index (χ0n) is 14.6. The van der Waals surface area contributed by atoms with Gasteiger partial charge in [0.2, 0.25) is 0 Å². The normalized spacial score (nSPS) is 19.4. The van der Waals surface area contributed by atoms with Gasteiger partial charge in [0.25, 0.3) is 0 Å². The third-order valence-corrected chi connectivity index (χ3v) is 6.57. The summed E-state index contributed by atoms with van der Waals surface area (Å²) in [6.45, 7) is 3.94. The zero-order valence-corrected chi connectivity index (χ0v) is 15.4. The van der Waals surface area contributed by atoms with Crippen LogP contribution in [0.5, 0.6) is 0 Å². The number of rotatable bonds is 2. The van der Waals surface area contributed by atoms with Gasteiger partial charge in [-0.25, -0.2) is 9.29 Å². The number of nitrogens with zero attached hydrogens (tertiary/aromatic N) is 2. The number of fused-ring (bicyclic) bond motifs is 4. The van der Waals surface area contributed by atoms with Crippen LogP contribution in [-0.2, 0) is 10.3 Å². The van der Waals surface area contributed by atoms with Crippen molar-refractivity contribution >= 4 is 35.6 Å². The van der Waals surface area contributed by atoms with Crippen LogP contribution >= 0.6 is 11.9 Å². The van der Waals surface area contributed by atoms with E-state index in [0.29, 0.717) is 0 Å². The first-order valence-corrected chi connectivity index (χ1v) is 9.74. The van der Waals surface area contributed by atoms with Crippen molar-refractivity contribution < 1.29 is 9.68 Å². The van der Waals surface area contributed by atoms with Crippen LogP contribution in [0.3, 0.4) is 0 Å². The van der Waals surface area contributed by atoms with Crippen LogP contribution in [0.1, 0.15) is 24.0 Å². The maximum Gasteiger partial charge on any atom is 0.493 e. The van der Waals surface area contributed by atoms with Crippen molar-refractivity contribution in [2.24, 2.45) is 0 Å². The molecule has 2 aliphatic rings. The minimum atomic E-state index is -0.881. The maximum absolute atomic E-state index is 10.4. The molecule has 0 radical (unpaired) electrons. The lowest BCUT2D eigenvalue weighted by molar-refractivity contribution is 0.0152. The molecule has 1 aromatic carbocycles. The standard InChI is InChI=1S/C19H20BN3O2S/c1-13-2-4-14(5-3-13)26-23-10-7-19(8-11-23)17-15-6-9-21-18(15)22-12-16(17)20(24)25-19/h2-6,9,12,24H,7-8,10-11H2,1H3,(H,21,22). The molecule has 7 heteroatoms. The molecule has 2 aromatic heterocycles. The van der Waals surface area contributed by atoms with Crippen molar-refractivity contribution in [1.82, 2.24) is 14.3 Å². The summed E-state index contributed by atoms with van der Waals surface area (Å²) in [5.74, 6) is 0. The second kappa shape index (κ2) is 6.13. The fourth-order valence-electron chi connectivity index (χ4n) is 4.11. The summed E-state index contributed by atoms with van der Waals surface area (Å²) in [5.41, 5.74) is 3.66. The van der Waals surface area contributed by atoms with Crippen molar-refractivity contribution in [1.29, 1.82) is 0 Å². The third-order valence-electron chi connectivity index (χ3n) is 5.46. The van der Waals surface area contributed by atoms with Gasteiger partial charge in [-0.1, -0.05) is 17.7 Å². The first kappa shape index (κ1) is 16.4. The van der Waals surface area contributed by atoms with Gasteiger partial charge in [0.05, 0.1) is 5.60 Å². The molecule has 1 fully saturated rings. The average Bonchev–Trinajstić information content (AvgIpc) is 3.22. The summed E-state index contributed by atoms with van der Waals surface area (Å²) in [6.07, 6.45) is 5.38. The number of nitrogens with one attached hydrogen (secondary N) is 1. The Morgan fingerprint density at radius 2 is 2.00 bits per heavy atom. The van der Waals surface area contributed by atoms with E-state index in [1.54, 1.807) is 18.1 Å². The van der Waals surface area contributed by atoms with Crippen molar-refractivity contribution in [3.8, 4) is 0 Å². The molecule has 132 valence electrons. The smallest absolute Gasteiger partial charge is 0.423 e. The fourth-order valence-corrected chi connectivity index (χ4v) is 5.03. The molecule has 0 atom stereocenters. The summed E-state index contributed by atoms with van der Waals surface area (Å²) in [6, 6.07) is 10.7. The number of aromatic nitrogens is 2. The topological polar surface area (TPSA) is 61.4 Å². The Kier molecular flexibility index (Phi) is 3.86. The van der Waals surface area contributed by atoms with Gasteiger partial charge in [-0.2, -0.15) is 0 Å². The van der Waals surface area contributed by atoms with Gasteiger partial charge in [-0.05, 0) is 55.5 Å². The lowest BCUT2D eigenvalue weighted by atomic mass is 9.76. The first-order chi connectivity index (χ1) is 12.6. The van der Waals surface area contributed by atoms with Crippen LogP contribution in [0.2, 0.25) is 0 Å². The van der Waals surface area contributed by atoms with E-state index in [4.69, 9.17) is 4.65 Å². The maximum atomic E-state index is 10.4. The second-order valence-corrected chi connectivity index (χ2v) is 8.30. The van der Waals surface area contributed by atoms with E-state index in [9.17, 15) is 5.02 Å². The number of piperidine rings is 1. The predicted octanol–water partition coefficient (Wildman–Crippen LogP) is 2.59. The lowest BCUT2D eigenvalue weighted by Crippen LogP contribution is -2.41. The molecular weight excluding hydrogens is 345 g/mol. The SMILES string of the molecule is Cc1ccc(SN2CCC3(CC2)OB(O)c2cnc4[nH]ccc4c23)cc1. The highest BCUT2D eigenvalue weighted by molar-refractivity contribution is 7.97. The van der Waals surface area contributed by atoms with Crippen LogP contribution in [0, 0.1) is 6.92 Å². The predicted molar refractivity (Wildman–Crippen MR) is 104 cm³/mol. The molecule has 0 amide bonds. The Hall–Kier alpha value is -1.80. The molecule has 1 spiro atoms. The molecule has 5 rings (SSSR count). The van der Waals surface area contributed by atoms with Gasteiger partial charge in [0.15, 0.2) is 0 Å². The summed E-state index contributed by atoms with van der Waals surface area (Å²) in [4.78, 5) is 8.84. The molecule has 2 N–H and O–H groups in total. The van der Waals surface area contributed by atoms with E-state index in [0.717, 1.165) is 48.0 Å². The van der Waals surface area contributed by atoms with Crippen molar-refractivity contribution in [2.45, 2.75) is 30.3 Å².